The smallest absolute Gasteiger partial charge is 0.0988 e. The van der Waals surface area contributed by atoms with Crippen LogP contribution in [0.5, 0.6) is 0 Å². The van der Waals surface area contributed by atoms with Crippen LogP contribution in [0.1, 0.15) is 26.7 Å². The second kappa shape index (κ2) is 4.89. The van der Waals surface area contributed by atoms with Gasteiger partial charge in [-0.2, -0.15) is 0 Å². The quantitative estimate of drug-likeness (QED) is 0.720. The molecule has 0 saturated heterocycles. The Labute approximate surface area is 87.0 Å². The minimum atomic E-state index is 0.413. The Morgan fingerprint density at radius 3 is 2.50 bits per heavy atom. The van der Waals surface area contributed by atoms with Crippen molar-refractivity contribution in [3.8, 4) is 0 Å². The van der Waals surface area contributed by atoms with E-state index in [4.69, 9.17) is 0 Å². The van der Waals surface area contributed by atoms with E-state index in [1.54, 1.807) is 0 Å². The van der Waals surface area contributed by atoms with Crippen LogP contribution in [0.3, 0.4) is 0 Å². The van der Waals surface area contributed by atoms with Crippen LogP contribution in [-0.2, 0) is 0 Å². The van der Waals surface area contributed by atoms with E-state index in [2.05, 4.69) is 37.2 Å². The highest BCUT2D eigenvalue weighted by Gasteiger charge is 2.25. The molecule has 0 bridgehead atoms. The average molecular weight is 192 g/mol. The lowest BCUT2D eigenvalue weighted by molar-refractivity contribution is 0.259. The molecule has 1 aliphatic rings. The normalized spacial score (nSPS) is 21.0. The summed E-state index contributed by atoms with van der Waals surface area (Å²) < 4.78 is 0. The molecule has 1 aliphatic heterocycles. The Hall–Kier alpha value is -1.18. The molecule has 1 heterocycles. The van der Waals surface area contributed by atoms with Gasteiger partial charge in [0.05, 0.1) is 17.6 Å². The minimum Gasteiger partial charge on any atom is -0.364 e. The van der Waals surface area contributed by atoms with E-state index in [1.807, 2.05) is 12.2 Å². The average Bonchev–Trinajstić information content (AvgIpc) is 2.56. The van der Waals surface area contributed by atoms with E-state index < -0.39 is 0 Å². The fraction of sp³-hybridized carbons (Fsp3) is 0.500. The van der Waals surface area contributed by atoms with Crippen molar-refractivity contribution >= 4 is 0 Å². The fourth-order valence-electron chi connectivity index (χ4n) is 1.88. The number of hydrogen-bond acceptors (Lipinski definition) is 2. The lowest BCUT2D eigenvalue weighted by Crippen LogP contribution is -2.36. The van der Waals surface area contributed by atoms with E-state index in [1.165, 1.54) is 5.70 Å². The summed E-state index contributed by atoms with van der Waals surface area (Å²) in [6, 6.07) is 0. The number of nitrogens with one attached hydrogen (secondary N) is 1. The highest BCUT2D eigenvalue weighted by molar-refractivity contribution is 5.33. The van der Waals surface area contributed by atoms with Crippen molar-refractivity contribution in [3.63, 3.8) is 0 Å². The summed E-state index contributed by atoms with van der Waals surface area (Å²) in [5, 5.41) is 3.44. The standard InChI is InChI=1S/C12H20N2/c1-5-9-14-11(7-3)10(6-2)13-12(14)8-4/h6-7,12-13H,2-3,5,8-9H2,1,4H3. The molecule has 14 heavy (non-hydrogen) atoms. The first-order chi connectivity index (χ1) is 6.78. The largest absolute Gasteiger partial charge is 0.364 e. The van der Waals surface area contributed by atoms with Gasteiger partial charge >= 0.3 is 0 Å². The van der Waals surface area contributed by atoms with Crippen molar-refractivity contribution in [2.75, 3.05) is 6.54 Å². The van der Waals surface area contributed by atoms with Crippen LogP contribution in [0, 0.1) is 0 Å². The summed E-state index contributed by atoms with van der Waals surface area (Å²) in [4.78, 5) is 2.37. The van der Waals surface area contributed by atoms with Gasteiger partial charge in [-0.25, -0.2) is 0 Å². The molecule has 0 aromatic carbocycles. The van der Waals surface area contributed by atoms with Gasteiger partial charge in [0.25, 0.3) is 0 Å². The van der Waals surface area contributed by atoms with Gasteiger partial charge in [0, 0.05) is 6.54 Å². The minimum absolute atomic E-state index is 0.413. The van der Waals surface area contributed by atoms with Gasteiger partial charge in [0.1, 0.15) is 0 Å². The molecule has 78 valence electrons. The molecule has 0 aliphatic carbocycles. The third kappa shape index (κ3) is 1.84. The summed E-state index contributed by atoms with van der Waals surface area (Å²) in [7, 11) is 0. The molecule has 0 aromatic rings. The number of allylic oxidation sites excluding steroid dienone is 2. The van der Waals surface area contributed by atoms with Crippen LogP contribution in [-0.4, -0.2) is 17.6 Å². The van der Waals surface area contributed by atoms with Crippen LogP contribution in [0.4, 0.5) is 0 Å². The van der Waals surface area contributed by atoms with Gasteiger partial charge in [0.15, 0.2) is 0 Å². The van der Waals surface area contributed by atoms with E-state index in [-0.39, 0.29) is 0 Å². The third-order valence-corrected chi connectivity index (χ3v) is 2.53. The lowest BCUT2D eigenvalue weighted by atomic mass is 10.2. The van der Waals surface area contributed by atoms with Crippen molar-refractivity contribution < 1.29 is 0 Å². The first-order valence-electron chi connectivity index (χ1n) is 5.30. The van der Waals surface area contributed by atoms with Gasteiger partial charge in [-0.15, -0.1) is 0 Å². The zero-order valence-electron chi connectivity index (χ0n) is 9.21. The van der Waals surface area contributed by atoms with Gasteiger partial charge in [0.2, 0.25) is 0 Å². The molecule has 2 heteroatoms. The topological polar surface area (TPSA) is 15.3 Å². The molecule has 0 aromatic heterocycles. The number of hydrogen-bond donors (Lipinski definition) is 1. The van der Waals surface area contributed by atoms with Crippen LogP contribution < -0.4 is 5.32 Å². The Morgan fingerprint density at radius 1 is 1.36 bits per heavy atom. The highest BCUT2D eigenvalue weighted by Crippen LogP contribution is 2.23. The SMILES string of the molecule is C=CC1=C(C=C)N(CCC)C(CC)N1. The fourth-order valence-corrected chi connectivity index (χ4v) is 1.88. The van der Waals surface area contributed by atoms with E-state index in [9.17, 15) is 0 Å². The molecule has 0 spiro atoms. The van der Waals surface area contributed by atoms with E-state index in [0.717, 1.165) is 25.1 Å². The highest BCUT2D eigenvalue weighted by atomic mass is 15.3. The monoisotopic (exact) mass is 192 g/mol. The molecule has 0 fully saturated rings. The summed E-state index contributed by atoms with van der Waals surface area (Å²) in [5.41, 5.74) is 2.30. The number of nitrogens with zero attached hydrogens (tertiary/aromatic N) is 1. The Morgan fingerprint density at radius 2 is 2.07 bits per heavy atom. The molecule has 2 nitrogen and oxygen atoms in total. The van der Waals surface area contributed by atoms with Crippen molar-refractivity contribution in [3.05, 3.63) is 36.7 Å². The Bertz CT molecular complexity index is 253. The molecule has 0 saturated carbocycles. The van der Waals surface area contributed by atoms with Crippen LogP contribution in [0.2, 0.25) is 0 Å². The molecule has 1 atom stereocenters. The summed E-state index contributed by atoms with van der Waals surface area (Å²) >= 11 is 0. The maximum atomic E-state index is 3.85. The predicted molar refractivity (Wildman–Crippen MR) is 61.6 cm³/mol. The molecule has 0 amide bonds. The summed E-state index contributed by atoms with van der Waals surface area (Å²) in [6.07, 6.45) is 6.44. The lowest BCUT2D eigenvalue weighted by Gasteiger charge is -2.26. The zero-order chi connectivity index (χ0) is 10.6. The predicted octanol–water partition coefficient (Wildman–Crippen LogP) is 2.62. The molecule has 1 N–H and O–H groups in total. The maximum absolute atomic E-state index is 3.85. The maximum Gasteiger partial charge on any atom is 0.0988 e. The molecule has 1 unspecified atom stereocenters. The van der Waals surface area contributed by atoms with Crippen molar-refractivity contribution in [2.24, 2.45) is 0 Å². The summed E-state index contributed by atoms with van der Waals surface area (Å²) in [5.74, 6) is 0. The molecular formula is C12H20N2. The zero-order valence-corrected chi connectivity index (χ0v) is 9.21. The van der Waals surface area contributed by atoms with E-state index in [0.29, 0.717) is 6.17 Å². The van der Waals surface area contributed by atoms with Crippen LogP contribution in [0.15, 0.2) is 36.7 Å². The van der Waals surface area contributed by atoms with Gasteiger partial charge in [-0.3, -0.25) is 0 Å². The first kappa shape index (κ1) is 10.9. The first-order valence-corrected chi connectivity index (χ1v) is 5.30. The van der Waals surface area contributed by atoms with E-state index >= 15 is 0 Å². The van der Waals surface area contributed by atoms with Crippen molar-refractivity contribution in [1.82, 2.24) is 10.2 Å². The third-order valence-electron chi connectivity index (χ3n) is 2.53. The molecular weight excluding hydrogens is 172 g/mol. The Kier molecular flexibility index (Phi) is 3.81. The van der Waals surface area contributed by atoms with Crippen LogP contribution in [0.25, 0.3) is 0 Å². The second-order valence-electron chi connectivity index (χ2n) is 3.47. The summed E-state index contributed by atoms with van der Waals surface area (Å²) in [6.45, 7) is 13.1. The molecule has 0 radical (unpaired) electrons. The number of rotatable bonds is 5. The van der Waals surface area contributed by atoms with Gasteiger partial charge in [-0.05, 0) is 25.0 Å². The van der Waals surface area contributed by atoms with Gasteiger partial charge < -0.3 is 10.2 Å². The van der Waals surface area contributed by atoms with Gasteiger partial charge in [-0.1, -0.05) is 27.0 Å². The van der Waals surface area contributed by atoms with Crippen molar-refractivity contribution in [2.45, 2.75) is 32.9 Å². The van der Waals surface area contributed by atoms with Crippen LogP contribution >= 0.6 is 0 Å². The molecule has 1 rings (SSSR count). The Balaban J connectivity index is 2.88. The van der Waals surface area contributed by atoms with Crippen molar-refractivity contribution in [1.29, 1.82) is 0 Å². The second-order valence-corrected chi connectivity index (χ2v) is 3.47.